The molecule has 0 aromatic heterocycles. The molecule has 1 rings (SSSR count). The quantitative estimate of drug-likeness (QED) is 0.571. The first-order valence-corrected chi connectivity index (χ1v) is 6.73. The van der Waals surface area contributed by atoms with E-state index in [1.54, 1.807) is 0 Å². The minimum Gasteiger partial charge on any atom is -0.167 e. The van der Waals surface area contributed by atoms with Gasteiger partial charge < -0.3 is 0 Å². The molecule has 0 unspecified atom stereocenters. The molecule has 0 saturated carbocycles. The minimum absolute atomic E-state index is 0.805. The van der Waals surface area contributed by atoms with Crippen LogP contribution < -0.4 is 0 Å². The Balaban J connectivity index is 2.15. The lowest BCUT2D eigenvalue weighted by Crippen LogP contribution is -1.85. The second-order valence-corrected chi connectivity index (χ2v) is 4.44. The van der Waals surface area contributed by atoms with Crippen LogP contribution in [0.15, 0.2) is 20.7 Å². The molecule has 0 aromatic carbocycles. The van der Waals surface area contributed by atoms with Crippen molar-refractivity contribution in [2.24, 2.45) is 20.7 Å². The van der Waals surface area contributed by atoms with Crippen LogP contribution in [0.3, 0.4) is 0 Å². The van der Waals surface area contributed by atoms with Crippen molar-refractivity contribution in [3.63, 3.8) is 0 Å². The molecule has 0 aromatic rings. The Hall–Kier alpha value is -0.800. The van der Waals surface area contributed by atoms with E-state index in [2.05, 4.69) is 20.7 Å². The van der Waals surface area contributed by atoms with Gasteiger partial charge in [0.25, 0.3) is 0 Å². The van der Waals surface area contributed by atoms with Crippen molar-refractivity contribution in [2.45, 2.75) is 64.2 Å². The summed E-state index contributed by atoms with van der Waals surface area (Å²) in [6.45, 7) is 1.61. The van der Waals surface area contributed by atoms with Crippen LogP contribution in [0.1, 0.15) is 64.2 Å². The van der Waals surface area contributed by atoms with Crippen molar-refractivity contribution in [3.05, 3.63) is 0 Å². The fraction of sp³-hybridized carbons (Fsp3) is 1.00. The van der Waals surface area contributed by atoms with Crippen LogP contribution in [0.5, 0.6) is 0 Å². The first kappa shape index (κ1) is 13.3. The van der Waals surface area contributed by atoms with Crippen molar-refractivity contribution >= 4 is 0 Å². The summed E-state index contributed by atoms with van der Waals surface area (Å²) in [4.78, 5) is 0. The van der Waals surface area contributed by atoms with Gasteiger partial charge in [0.05, 0.1) is 13.1 Å². The zero-order chi connectivity index (χ0) is 11.3. The molecule has 1 heterocycles. The molecule has 16 heavy (non-hydrogen) atoms. The van der Waals surface area contributed by atoms with Crippen LogP contribution in [0.25, 0.3) is 0 Å². The summed E-state index contributed by atoms with van der Waals surface area (Å²) in [7, 11) is 0. The van der Waals surface area contributed by atoms with Gasteiger partial charge >= 0.3 is 0 Å². The Morgan fingerprint density at radius 3 is 1.06 bits per heavy atom. The van der Waals surface area contributed by atoms with E-state index < -0.39 is 0 Å². The Bertz CT molecular complexity index is 179. The molecular formula is C12H24N4. The van der Waals surface area contributed by atoms with Gasteiger partial charge in [0, 0.05) is 0 Å². The Morgan fingerprint density at radius 2 is 0.688 bits per heavy atom. The second-order valence-electron chi connectivity index (χ2n) is 4.44. The smallest absolute Gasteiger partial charge is 0.0621 e. The molecule has 1 aliphatic heterocycles. The largest absolute Gasteiger partial charge is 0.167 e. The summed E-state index contributed by atoms with van der Waals surface area (Å²) in [5.74, 6) is 0. The molecule has 0 fully saturated rings. The maximum absolute atomic E-state index is 3.97. The summed E-state index contributed by atoms with van der Waals surface area (Å²) in [6.07, 6.45) is 13.1. The standard InChI is InChI=1S/C12H24N4/c1-2-4-6-8-10-12-14-16-15-13-11-9-7-5-3-1/h1-12H2. The minimum atomic E-state index is 0.805. The van der Waals surface area contributed by atoms with Gasteiger partial charge in [0.15, 0.2) is 0 Å². The van der Waals surface area contributed by atoms with Crippen molar-refractivity contribution in [3.8, 4) is 0 Å². The van der Waals surface area contributed by atoms with Gasteiger partial charge in [-0.05, 0) is 23.3 Å². The molecule has 0 radical (unpaired) electrons. The van der Waals surface area contributed by atoms with Gasteiger partial charge in [0.2, 0.25) is 0 Å². The Labute approximate surface area is 98.6 Å². The van der Waals surface area contributed by atoms with Crippen molar-refractivity contribution in [1.82, 2.24) is 0 Å². The van der Waals surface area contributed by atoms with Crippen LogP contribution in [0.4, 0.5) is 0 Å². The fourth-order valence-electron chi connectivity index (χ4n) is 1.93. The van der Waals surface area contributed by atoms with E-state index in [4.69, 9.17) is 0 Å². The molecule has 4 heteroatoms. The lowest BCUT2D eigenvalue weighted by atomic mass is 10.1. The first-order chi connectivity index (χ1) is 8.00. The molecule has 0 saturated heterocycles. The van der Waals surface area contributed by atoms with Crippen molar-refractivity contribution < 1.29 is 0 Å². The Kier molecular flexibility index (Phi) is 8.88. The predicted molar refractivity (Wildman–Crippen MR) is 65.6 cm³/mol. The molecule has 4 nitrogen and oxygen atoms in total. The second kappa shape index (κ2) is 10.7. The molecule has 0 aliphatic carbocycles. The lowest BCUT2D eigenvalue weighted by Gasteiger charge is -2.01. The molecule has 0 amide bonds. The third-order valence-corrected chi connectivity index (χ3v) is 2.93. The third-order valence-electron chi connectivity index (χ3n) is 2.93. The topological polar surface area (TPSA) is 49.4 Å². The van der Waals surface area contributed by atoms with Gasteiger partial charge in [-0.2, -0.15) is 10.2 Å². The zero-order valence-corrected chi connectivity index (χ0v) is 10.3. The summed E-state index contributed by atoms with van der Waals surface area (Å²) in [5.41, 5.74) is 0. The monoisotopic (exact) mass is 224 g/mol. The van der Waals surface area contributed by atoms with Crippen LogP contribution in [0.2, 0.25) is 0 Å². The van der Waals surface area contributed by atoms with Gasteiger partial charge in [-0.1, -0.05) is 51.4 Å². The van der Waals surface area contributed by atoms with E-state index in [9.17, 15) is 0 Å². The van der Waals surface area contributed by atoms with Crippen LogP contribution in [-0.4, -0.2) is 13.1 Å². The molecule has 0 atom stereocenters. The Morgan fingerprint density at radius 1 is 0.375 bits per heavy atom. The first-order valence-electron chi connectivity index (χ1n) is 6.73. The van der Waals surface area contributed by atoms with E-state index in [1.807, 2.05) is 0 Å². The molecular weight excluding hydrogens is 200 g/mol. The summed E-state index contributed by atoms with van der Waals surface area (Å²) in [5, 5.41) is 15.3. The number of rotatable bonds is 0. The molecule has 92 valence electrons. The van der Waals surface area contributed by atoms with E-state index in [0.29, 0.717) is 0 Å². The normalized spacial score (nSPS) is 22.0. The number of hydrogen-bond donors (Lipinski definition) is 0. The zero-order valence-electron chi connectivity index (χ0n) is 10.3. The van der Waals surface area contributed by atoms with Gasteiger partial charge in [0.1, 0.15) is 0 Å². The highest BCUT2D eigenvalue weighted by Crippen LogP contribution is 2.11. The number of nitrogens with zero attached hydrogens (tertiary/aromatic N) is 4. The highest BCUT2D eigenvalue weighted by Gasteiger charge is 1.93. The third kappa shape index (κ3) is 8.50. The molecule has 1 aliphatic rings. The average molecular weight is 224 g/mol. The summed E-state index contributed by atoms with van der Waals surface area (Å²) < 4.78 is 0. The van der Waals surface area contributed by atoms with E-state index >= 15 is 0 Å². The van der Waals surface area contributed by atoms with Crippen LogP contribution in [0, 0.1) is 0 Å². The fourth-order valence-corrected chi connectivity index (χ4v) is 1.93. The maximum atomic E-state index is 3.97. The maximum Gasteiger partial charge on any atom is 0.0621 e. The van der Waals surface area contributed by atoms with Gasteiger partial charge in [-0.15, -0.1) is 0 Å². The average Bonchev–Trinajstić information content (AvgIpc) is 2.29. The van der Waals surface area contributed by atoms with E-state index in [1.165, 1.54) is 51.4 Å². The predicted octanol–water partition coefficient (Wildman–Crippen LogP) is 4.72. The van der Waals surface area contributed by atoms with E-state index in [0.717, 1.165) is 25.9 Å². The molecule has 0 N–H and O–H groups in total. The van der Waals surface area contributed by atoms with Crippen LogP contribution >= 0.6 is 0 Å². The SMILES string of the molecule is C1CCCCCCN=NN=NCCCCC1. The van der Waals surface area contributed by atoms with Crippen LogP contribution in [-0.2, 0) is 0 Å². The van der Waals surface area contributed by atoms with Gasteiger partial charge in [-0.25, -0.2) is 0 Å². The lowest BCUT2D eigenvalue weighted by molar-refractivity contribution is 0.548. The number of hydrogen-bond acceptors (Lipinski definition) is 4. The molecule has 0 bridgehead atoms. The van der Waals surface area contributed by atoms with Crippen molar-refractivity contribution in [1.29, 1.82) is 0 Å². The van der Waals surface area contributed by atoms with Crippen molar-refractivity contribution in [2.75, 3.05) is 13.1 Å². The van der Waals surface area contributed by atoms with E-state index in [-0.39, 0.29) is 0 Å². The van der Waals surface area contributed by atoms with Gasteiger partial charge in [-0.3, -0.25) is 0 Å². The summed E-state index contributed by atoms with van der Waals surface area (Å²) in [6, 6.07) is 0. The molecule has 0 spiro atoms. The summed E-state index contributed by atoms with van der Waals surface area (Å²) >= 11 is 0. The highest BCUT2D eigenvalue weighted by molar-refractivity contribution is 4.50. The highest BCUT2D eigenvalue weighted by atomic mass is 15.5.